The van der Waals surface area contributed by atoms with Gasteiger partial charge in [0.1, 0.15) is 0 Å². The quantitative estimate of drug-likeness (QED) is 0.940. The summed E-state index contributed by atoms with van der Waals surface area (Å²) in [5.74, 6) is 1.21. The summed E-state index contributed by atoms with van der Waals surface area (Å²) in [6.45, 7) is 1.80. The van der Waals surface area contributed by atoms with Gasteiger partial charge in [0.05, 0.1) is 13.2 Å². The number of nitrogens with zero attached hydrogens (tertiary/aromatic N) is 1. The molecule has 0 saturated carbocycles. The lowest BCUT2D eigenvalue weighted by molar-refractivity contribution is 0.0953. The maximum Gasteiger partial charge on any atom is 0.251 e. The summed E-state index contributed by atoms with van der Waals surface area (Å²) in [7, 11) is 0. The van der Waals surface area contributed by atoms with Gasteiger partial charge < -0.3 is 14.8 Å². The summed E-state index contributed by atoms with van der Waals surface area (Å²) < 4.78 is 11.2. The zero-order valence-corrected chi connectivity index (χ0v) is 12.2. The largest absolute Gasteiger partial charge is 0.490 e. The number of carbonyl (C=O) groups is 1. The second kappa shape index (κ2) is 6.93. The number of hydrogen-bond donors (Lipinski definition) is 1. The molecule has 2 heterocycles. The standard InChI is InChI=1S/C17H18N2O3/c20-17(19-9-7-14-4-1-2-8-18-14)13-5-6-15-16(12-13)22-11-3-10-21-15/h1-2,4-6,8,12H,3,7,9-11H2,(H,19,20). The summed E-state index contributed by atoms with van der Waals surface area (Å²) in [6, 6.07) is 11.0. The smallest absolute Gasteiger partial charge is 0.251 e. The van der Waals surface area contributed by atoms with E-state index in [0.717, 1.165) is 12.1 Å². The third kappa shape index (κ3) is 3.55. The van der Waals surface area contributed by atoms with E-state index in [9.17, 15) is 4.79 Å². The summed E-state index contributed by atoms with van der Waals surface area (Å²) in [5, 5.41) is 2.89. The van der Waals surface area contributed by atoms with Gasteiger partial charge in [-0.3, -0.25) is 9.78 Å². The van der Waals surface area contributed by atoms with Crippen molar-refractivity contribution in [3.05, 3.63) is 53.9 Å². The zero-order chi connectivity index (χ0) is 15.2. The fourth-order valence-corrected chi connectivity index (χ4v) is 2.26. The Bertz CT molecular complexity index is 644. The number of aromatic nitrogens is 1. The van der Waals surface area contributed by atoms with Gasteiger partial charge in [0, 0.05) is 36.8 Å². The fourth-order valence-electron chi connectivity index (χ4n) is 2.26. The molecule has 0 radical (unpaired) electrons. The normalized spacial score (nSPS) is 13.3. The molecule has 0 spiro atoms. The molecule has 1 aliphatic heterocycles. The van der Waals surface area contributed by atoms with Crippen LogP contribution in [-0.4, -0.2) is 30.6 Å². The van der Waals surface area contributed by atoms with E-state index in [2.05, 4.69) is 10.3 Å². The maximum atomic E-state index is 12.2. The van der Waals surface area contributed by atoms with Crippen LogP contribution in [0.15, 0.2) is 42.6 Å². The lowest BCUT2D eigenvalue weighted by Crippen LogP contribution is -2.25. The van der Waals surface area contributed by atoms with Gasteiger partial charge in [0.2, 0.25) is 0 Å². The summed E-state index contributed by atoms with van der Waals surface area (Å²) in [5.41, 5.74) is 1.53. The molecule has 0 fully saturated rings. The van der Waals surface area contributed by atoms with E-state index in [-0.39, 0.29) is 5.91 Å². The predicted octanol–water partition coefficient (Wildman–Crippen LogP) is 2.22. The summed E-state index contributed by atoms with van der Waals surface area (Å²) in [6.07, 6.45) is 3.30. The molecule has 1 aliphatic rings. The van der Waals surface area contributed by atoms with Gasteiger partial charge in [-0.25, -0.2) is 0 Å². The molecular formula is C17H18N2O3. The Hall–Kier alpha value is -2.56. The van der Waals surface area contributed by atoms with Crippen LogP contribution < -0.4 is 14.8 Å². The zero-order valence-electron chi connectivity index (χ0n) is 12.2. The lowest BCUT2D eigenvalue weighted by Gasteiger charge is -2.09. The Balaban J connectivity index is 1.59. The van der Waals surface area contributed by atoms with Crippen molar-refractivity contribution in [1.29, 1.82) is 0 Å². The van der Waals surface area contributed by atoms with Gasteiger partial charge in [-0.15, -0.1) is 0 Å². The molecule has 0 unspecified atom stereocenters. The number of carbonyl (C=O) groups excluding carboxylic acids is 1. The second-order valence-corrected chi connectivity index (χ2v) is 5.04. The van der Waals surface area contributed by atoms with Crippen molar-refractivity contribution >= 4 is 5.91 Å². The number of benzene rings is 1. The van der Waals surface area contributed by atoms with Crippen LogP contribution in [0.5, 0.6) is 11.5 Å². The molecule has 1 aromatic heterocycles. The highest BCUT2D eigenvalue weighted by Crippen LogP contribution is 2.30. The molecule has 0 aliphatic carbocycles. The Morgan fingerprint density at radius 1 is 1.14 bits per heavy atom. The Morgan fingerprint density at radius 2 is 2.00 bits per heavy atom. The van der Waals surface area contributed by atoms with Crippen LogP contribution in [0.4, 0.5) is 0 Å². The van der Waals surface area contributed by atoms with Crippen molar-refractivity contribution < 1.29 is 14.3 Å². The van der Waals surface area contributed by atoms with Crippen LogP contribution in [0.1, 0.15) is 22.5 Å². The number of amides is 1. The molecule has 114 valence electrons. The minimum atomic E-state index is -0.119. The molecule has 0 saturated heterocycles. The highest BCUT2D eigenvalue weighted by Gasteiger charge is 2.13. The number of fused-ring (bicyclic) bond motifs is 1. The minimum Gasteiger partial charge on any atom is -0.490 e. The van der Waals surface area contributed by atoms with Crippen LogP contribution in [0.2, 0.25) is 0 Å². The highest BCUT2D eigenvalue weighted by atomic mass is 16.5. The van der Waals surface area contributed by atoms with E-state index in [0.29, 0.717) is 43.2 Å². The van der Waals surface area contributed by atoms with Crippen molar-refractivity contribution in [2.45, 2.75) is 12.8 Å². The SMILES string of the molecule is O=C(NCCc1ccccn1)c1ccc2c(c1)OCCCO2. The predicted molar refractivity (Wildman–Crippen MR) is 82.3 cm³/mol. The monoisotopic (exact) mass is 298 g/mol. The van der Waals surface area contributed by atoms with Crippen molar-refractivity contribution in [3.8, 4) is 11.5 Å². The average Bonchev–Trinajstić information content (AvgIpc) is 2.80. The van der Waals surface area contributed by atoms with Crippen molar-refractivity contribution in [1.82, 2.24) is 10.3 Å². The van der Waals surface area contributed by atoms with E-state index in [4.69, 9.17) is 9.47 Å². The molecule has 2 aromatic rings. The Labute approximate surface area is 129 Å². The molecule has 22 heavy (non-hydrogen) atoms. The molecule has 3 rings (SSSR count). The summed E-state index contributed by atoms with van der Waals surface area (Å²) >= 11 is 0. The van der Waals surface area contributed by atoms with Gasteiger partial charge in [-0.05, 0) is 30.3 Å². The van der Waals surface area contributed by atoms with Gasteiger partial charge in [0.15, 0.2) is 11.5 Å². The van der Waals surface area contributed by atoms with Gasteiger partial charge >= 0.3 is 0 Å². The minimum absolute atomic E-state index is 0.119. The van der Waals surface area contributed by atoms with Crippen molar-refractivity contribution in [2.24, 2.45) is 0 Å². The molecule has 1 N–H and O–H groups in total. The number of rotatable bonds is 4. The molecule has 0 atom stereocenters. The molecule has 5 heteroatoms. The first-order valence-electron chi connectivity index (χ1n) is 7.41. The Morgan fingerprint density at radius 3 is 2.82 bits per heavy atom. The van der Waals surface area contributed by atoms with Gasteiger partial charge in [0.25, 0.3) is 5.91 Å². The molecule has 1 amide bonds. The average molecular weight is 298 g/mol. The van der Waals surface area contributed by atoms with Crippen LogP contribution in [0.3, 0.4) is 0 Å². The highest BCUT2D eigenvalue weighted by molar-refractivity contribution is 5.94. The van der Waals surface area contributed by atoms with E-state index < -0.39 is 0 Å². The number of ether oxygens (including phenoxy) is 2. The second-order valence-electron chi connectivity index (χ2n) is 5.04. The first-order valence-corrected chi connectivity index (χ1v) is 7.41. The molecule has 5 nitrogen and oxygen atoms in total. The van der Waals surface area contributed by atoms with E-state index in [1.54, 1.807) is 24.4 Å². The topological polar surface area (TPSA) is 60.5 Å². The lowest BCUT2D eigenvalue weighted by atomic mass is 10.2. The van der Waals surface area contributed by atoms with E-state index in [1.165, 1.54) is 0 Å². The third-order valence-electron chi connectivity index (χ3n) is 3.40. The third-order valence-corrected chi connectivity index (χ3v) is 3.40. The first-order chi connectivity index (χ1) is 10.8. The van der Waals surface area contributed by atoms with Crippen LogP contribution >= 0.6 is 0 Å². The summed E-state index contributed by atoms with van der Waals surface area (Å²) in [4.78, 5) is 16.4. The molecular weight excluding hydrogens is 280 g/mol. The van der Waals surface area contributed by atoms with Crippen LogP contribution in [-0.2, 0) is 6.42 Å². The number of hydrogen-bond acceptors (Lipinski definition) is 4. The fraction of sp³-hybridized carbons (Fsp3) is 0.294. The maximum absolute atomic E-state index is 12.2. The Kier molecular flexibility index (Phi) is 4.53. The van der Waals surface area contributed by atoms with Crippen molar-refractivity contribution in [3.63, 3.8) is 0 Å². The van der Waals surface area contributed by atoms with E-state index >= 15 is 0 Å². The number of nitrogens with one attached hydrogen (secondary N) is 1. The van der Waals surface area contributed by atoms with Gasteiger partial charge in [-0.2, -0.15) is 0 Å². The van der Waals surface area contributed by atoms with Crippen molar-refractivity contribution in [2.75, 3.05) is 19.8 Å². The number of pyridine rings is 1. The van der Waals surface area contributed by atoms with Gasteiger partial charge in [-0.1, -0.05) is 6.07 Å². The van der Waals surface area contributed by atoms with Crippen LogP contribution in [0, 0.1) is 0 Å². The van der Waals surface area contributed by atoms with E-state index in [1.807, 2.05) is 18.2 Å². The molecule has 1 aromatic carbocycles. The molecule has 0 bridgehead atoms. The van der Waals surface area contributed by atoms with Crippen LogP contribution in [0.25, 0.3) is 0 Å². The first kappa shape index (κ1) is 14.4.